The summed E-state index contributed by atoms with van der Waals surface area (Å²) in [6.45, 7) is 6.81. The monoisotopic (exact) mass is 227 g/mol. The molecular weight excluding hydrogens is 208 g/mol. The fraction of sp³-hybridized carbons (Fsp3) is 0.538. The summed E-state index contributed by atoms with van der Waals surface area (Å²) in [6.07, 6.45) is 1.04. The molecule has 1 N–H and O–H groups in total. The molecule has 90 valence electrons. The molecule has 16 heavy (non-hydrogen) atoms. The highest BCUT2D eigenvalue weighted by Gasteiger charge is 2.07. The van der Waals surface area contributed by atoms with Crippen LogP contribution in [-0.2, 0) is 6.54 Å². The molecule has 1 rings (SSSR count). The molecule has 0 spiro atoms. The van der Waals surface area contributed by atoms with E-state index in [1.807, 2.05) is 0 Å². The first kappa shape index (κ1) is 13.1. The van der Waals surface area contributed by atoms with Crippen molar-refractivity contribution in [2.45, 2.75) is 39.8 Å². The minimum Gasteiger partial charge on any atom is -0.310 e. The lowest BCUT2D eigenvalue weighted by molar-refractivity contribution is 0.436. The van der Waals surface area contributed by atoms with Crippen LogP contribution in [0.2, 0.25) is 0 Å². The molecule has 0 bridgehead atoms. The normalized spacial score (nSPS) is 13.1. The topological polar surface area (TPSA) is 12.0 Å². The number of hydrogen-bond donors (Lipinski definition) is 1. The minimum absolute atomic E-state index is 0.337. The summed E-state index contributed by atoms with van der Waals surface area (Å²) in [7, 11) is 0. The van der Waals surface area contributed by atoms with Crippen molar-refractivity contribution in [3.8, 4) is 0 Å². The largest absolute Gasteiger partial charge is 0.310 e. The Bertz CT molecular complexity index is 337. The van der Waals surface area contributed by atoms with Crippen LogP contribution in [0, 0.1) is 17.6 Å². The van der Waals surface area contributed by atoms with Crippen LogP contribution < -0.4 is 5.32 Å². The second-order valence-electron chi connectivity index (χ2n) is 4.65. The molecule has 0 amide bonds. The van der Waals surface area contributed by atoms with E-state index in [2.05, 4.69) is 26.1 Å². The SMILES string of the molecule is CC(C)CC(C)NCc1ccc(F)cc1F. The third-order valence-corrected chi connectivity index (χ3v) is 2.48. The summed E-state index contributed by atoms with van der Waals surface area (Å²) < 4.78 is 25.9. The summed E-state index contributed by atoms with van der Waals surface area (Å²) in [5, 5.41) is 3.23. The summed E-state index contributed by atoms with van der Waals surface area (Å²) >= 11 is 0. The Morgan fingerprint density at radius 2 is 1.88 bits per heavy atom. The van der Waals surface area contributed by atoms with E-state index in [4.69, 9.17) is 0 Å². The van der Waals surface area contributed by atoms with Crippen molar-refractivity contribution >= 4 is 0 Å². The first-order valence-electron chi connectivity index (χ1n) is 5.66. The van der Waals surface area contributed by atoms with Gasteiger partial charge in [0.25, 0.3) is 0 Å². The lowest BCUT2D eigenvalue weighted by atomic mass is 10.0. The molecule has 1 atom stereocenters. The van der Waals surface area contributed by atoms with E-state index in [1.165, 1.54) is 12.1 Å². The van der Waals surface area contributed by atoms with Crippen molar-refractivity contribution in [2.24, 2.45) is 5.92 Å². The number of halogens is 2. The van der Waals surface area contributed by atoms with Crippen molar-refractivity contribution in [3.63, 3.8) is 0 Å². The molecular formula is C13H19F2N. The van der Waals surface area contributed by atoms with Gasteiger partial charge in [-0.25, -0.2) is 8.78 Å². The van der Waals surface area contributed by atoms with E-state index in [0.717, 1.165) is 12.5 Å². The molecule has 0 heterocycles. The van der Waals surface area contributed by atoms with Crippen LogP contribution in [0.3, 0.4) is 0 Å². The van der Waals surface area contributed by atoms with Crippen LogP contribution in [0.4, 0.5) is 8.78 Å². The van der Waals surface area contributed by atoms with Crippen molar-refractivity contribution < 1.29 is 8.78 Å². The number of nitrogens with one attached hydrogen (secondary N) is 1. The molecule has 0 saturated carbocycles. The molecule has 0 aliphatic carbocycles. The maximum atomic E-state index is 13.3. The van der Waals surface area contributed by atoms with Gasteiger partial charge in [0.15, 0.2) is 0 Å². The van der Waals surface area contributed by atoms with Gasteiger partial charge in [0.05, 0.1) is 0 Å². The smallest absolute Gasteiger partial charge is 0.130 e. The molecule has 0 saturated heterocycles. The first-order chi connectivity index (χ1) is 7.49. The zero-order valence-electron chi connectivity index (χ0n) is 10.1. The Hall–Kier alpha value is -0.960. The van der Waals surface area contributed by atoms with E-state index < -0.39 is 11.6 Å². The van der Waals surface area contributed by atoms with E-state index in [1.54, 1.807) is 0 Å². The predicted molar refractivity (Wildman–Crippen MR) is 62.1 cm³/mol. The van der Waals surface area contributed by atoms with Crippen molar-refractivity contribution in [1.29, 1.82) is 0 Å². The summed E-state index contributed by atoms with van der Waals surface area (Å²) in [5.41, 5.74) is 0.511. The standard InChI is InChI=1S/C13H19F2N/c1-9(2)6-10(3)16-8-11-4-5-12(14)7-13(11)15/h4-5,7,9-10,16H,6,8H2,1-3H3. The highest BCUT2D eigenvalue weighted by Crippen LogP contribution is 2.10. The zero-order chi connectivity index (χ0) is 12.1. The van der Waals surface area contributed by atoms with E-state index in [9.17, 15) is 8.78 Å². The molecule has 1 nitrogen and oxygen atoms in total. The quantitative estimate of drug-likeness (QED) is 0.812. The lowest BCUT2D eigenvalue weighted by Crippen LogP contribution is -2.27. The third kappa shape index (κ3) is 4.27. The Balaban J connectivity index is 2.48. The van der Waals surface area contributed by atoms with Crippen LogP contribution in [0.5, 0.6) is 0 Å². The van der Waals surface area contributed by atoms with Gasteiger partial charge in [0.1, 0.15) is 11.6 Å². The van der Waals surface area contributed by atoms with Gasteiger partial charge in [-0.05, 0) is 25.3 Å². The van der Waals surface area contributed by atoms with Crippen molar-refractivity contribution in [1.82, 2.24) is 5.32 Å². The molecule has 0 aliphatic rings. The molecule has 0 fully saturated rings. The molecule has 3 heteroatoms. The van der Waals surface area contributed by atoms with Gasteiger partial charge in [-0.3, -0.25) is 0 Å². The minimum atomic E-state index is -0.531. The molecule has 1 aromatic rings. The summed E-state index contributed by atoms with van der Waals surface area (Å²) in [4.78, 5) is 0. The maximum absolute atomic E-state index is 13.3. The second kappa shape index (κ2) is 5.94. The van der Waals surface area contributed by atoms with Gasteiger partial charge in [-0.15, -0.1) is 0 Å². The Labute approximate surface area is 95.9 Å². The van der Waals surface area contributed by atoms with Crippen molar-refractivity contribution in [2.75, 3.05) is 0 Å². The van der Waals surface area contributed by atoms with Crippen LogP contribution in [0.1, 0.15) is 32.8 Å². The van der Waals surface area contributed by atoms with Gasteiger partial charge < -0.3 is 5.32 Å². The highest BCUT2D eigenvalue weighted by atomic mass is 19.1. The van der Waals surface area contributed by atoms with Gasteiger partial charge in [-0.1, -0.05) is 19.9 Å². The van der Waals surface area contributed by atoms with E-state index in [0.29, 0.717) is 24.1 Å². The van der Waals surface area contributed by atoms with E-state index >= 15 is 0 Å². The van der Waals surface area contributed by atoms with Gasteiger partial charge >= 0.3 is 0 Å². The van der Waals surface area contributed by atoms with Gasteiger partial charge in [0, 0.05) is 24.2 Å². The molecule has 1 unspecified atom stereocenters. The molecule has 1 aromatic carbocycles. The number of benzene rings is 1. The molecule has 0 radical (unpaired) electrons. The first-order valence-corrected chi connectivity index (χ1v) is 5.66. The highest BCUT2D eigenvalue weighted by molar-refractivity contribution is 5.18. The average Bonchev–Trinajstić information content (AvgIpc) is 2.15. The zero-order valence-corrected chi connectivity index (χ0v) is 10.1. The number of hydrogen-bond acceptors (Lipinski definition) is 1. The maximum Gasteiger partial charge on any atom is 0.130 e. The molecule has 0 aliphatic heterocycles. The Morgan fingerprint density at radius 1 is 1.19 bits per heavy atom. The Morgan fingerprint density at radius 3 is 2.44 bits per heavy atom. The summed E-state index contributed by atoms with van der Waals surface area (Å²) in [5.74, 6) is -0.402. The van der Waals surface area contributed by atoms with Crippen LogP contribution in [0.15, 0.2) is 18.2 Å². The van der Waals surface area contributed by atoms with E-state index in [-0.39, 0.29) is 0 Å². The predicted octanol–water partition coefficient (Wildman–Crippen LogP) is 3.49. The van der Waals surface area contributed by atoms with Crippen LogP contribution in [0.25, 0.3) is 0 Å². The third-order valence-electron chi connectivity index (χ3n) is 2.48. The van der Waals surface area contributed by atoms with Gasteiger partial charge in [0.2, 0.25) is 0 Å². The average molecular weight is 227 g/mol. The van der Waals surface area contributed by atoms with Crippen LogP contribution in [-0.4, -0.2) is 6.04 Å². The van der Waals surface area contributed by atoms with Gasteiger partial charge in [-0.2, -0.15) is 0 Å². The fourth-order valence-electron chi connectivity index (χ4n) is 1.74. The number of rotatable bonds is 5. The lowest BCUT2D eigenvalue weighted by Gasteiger charge is -2.16. The van der Waals surface area contributed by atoms with Crippen molar-refractivity contribution in [3.05, 3.63) is 35.4 Å². The fourth-order valence-corrected chi connectivity index (χ4v) is 1.74. The second-order valence-corrected chi connectivity index (χ2v) is 4.65. The summed E-state index contributed by atoms with van der Waals surface area (Å²) in [6, 6.07) is 4.03. The van der Waals surface area contributed by atoms with Crippen LogP contribution >= 0.6 is 0 Å². The Kier molecular flexibility index (Phi) is 4.87. The molecule has 0 aromatic heterocycles.